The summed E-state index contributed by atoms with van der Waals surface area (Å²) in [7, 11) is -3.95. The van der Waals surface area contributed by atoms with Gasteiger partial charge < -0.3 is 9.84 Å². The van der Waals surface area contributed by atoms with Crippen molar-refractivity contribution in [1.82, 2.24) is 4.98 Å². The Morgan fingerprint density at radius 2 is 1.94 bits per heavy atom. The van der Waals surface area contributed by atoms with Gasteiger partial charge in [0.25, 0.3) is 10.0 Å². The van der Waals surface area contributed by atoms with Crippen LogP contribution in [0.25, 0.3) is 11.3 Å². The van der Waals surface area contributed by atoms with E-state index in [0.717, 1.165) is 11.3 Å². The van der Waals surface area contributed by atoms with Gasteiger partial charge in [0.15, 0.2) is 0 Å². The van der Waals surface area contributed by atoms with E-state index in [4.69, 9.17) is 21.4 Å². The summed E-state index contributed by atoms with van der Waals surface area (Å²) in [4.78, 5) is 15.8. The van der Waals surface area contributed by atoms with Crippen molar-refractivity contribution in [3.63, 3.8) is 0 Å². The van der Waals surface area contributed by atoms with Crippen LogP contribution in [-0.2, 0) is 14.8 Å². The van der Waals surface area contributed by atoms with Crippen LogP contribution >= 0.6 is 11.6 Å². The molecule has 0 radical (unpaired) electrons. The van der Waals surface area contributed by atoms with E-state index in [9.17, 15) is 13.2 Å². The van der Waals surface area contributed by atoms with Crippen LogP contribution in [0.15, 0.2) is 59.5 Å². The zero-order valence-corrected chi connectivity index (χ0v) is 19.7. The number of fused-ring (bicyclic) bond motifs is 1. The molecular formula is C24H23ClN2O5S. The largest absolute Gasteiger partial charge is 0.486 e. The Labute approximate surface area is 197 Å². The first-order chi connectivity index (χ1) is 15.6. The molecule has 172 valence electrons. The monoisotopic (exact) mass is 486 g/mol. The average molecular weight is 487 g/mol. The number of benzene rings is 2. The number of carboxylic acids is 1. The number of sulfonamides is 1. The predicted molar refractivity (Wildman–Crippen MR) is 126 cm³/mol. The maximum Gasteiger partial charge on any atom is 0.303 e. The summed E-state index contributed by atoms with van der Waals surface area (Å²) in [5, 5.41) is 9.45. The highest BCUT2D eigenvalue weighted by Crippen LogP contribution is 2.43. The van der Waals surface area contributed by atoms with Crippen LogP contribution in [0, 0.1) is 13.8 Å². The molecule has 0 fully saturated rings. The van der Waals surface area contributed by atoms with E-state index in [0.29, 0.717) is 22.0 Å². The summed E-state index contributed by atoms with van der Waals surface area (Å²) in [5.41, 5.74) is 3.15. The number of aromatic nitrogens is 1. The minimum Gasteiger partial charge on any atom is -0.486 e. The minimum absolute atomic E-state index is 0.0150. The fourth-order valence-corrected chi connectivity index (χ4v) is 5.64. The molecular weight excluding hydrogens is 464 g/mol. The fourth-order valence-electron chi connectivity index (χ4n) is 3.79. The van der Waals surface area contributed by atoms with E-state index < -0.39 is 22.1 Å². The first-order valence-electron chi connectivity index (χ1n) is 10.4. The molecule has 0 aliphatic carbocycles. The first-order valence-corrected chi connectivity index (χ1v) is 12.2. The Balaban J connectivity index is 1.85. The number of anilines is 1. The molecule has 33 heavy (non-hydrogen) atoms. The number of aliphatic carboxylic acids is 1. The van der Waals surface area contributed by atoms with Gasteiger partial charge in [-0.05, 0) is 56.2 Å². The molecule has 0 saturated heterocycles. The lowest BCUT2D eigenvalue weighted by Crippen LogP contribution is -2.43. The fraction of sp³-hybridized carbons (Fsp3) is 0.250. The van der Waals surface area contributed by atoms with Crippen LogP contribution in [0.4, 0.5) is 5.69 Å². The van der Waals surface area contributed by atoms with Crippen molar-refractivity contribution in [3.8, 4) is 17.0 Å². The molecule has 0 bridgehead atoms. The standard InChI is InChI=1S/C24H23ClN2O5S/c1-15-5-3-7-18(11-15)33(30,31)27-14-17(9-10-24(28)29)32-23-13-20(25)19(12-22(23)27)21-8-4-6-16(2)26-21/h3-8,11-13,17H,9-10,14H2,1-2H3,(H,28,29)/t17-/m0/s1. The van der Waals surface area contributed by atoms with E-state index in [-0.39, 0.29) is 30.0 Å². The van der Waals surface area contributed by atoms with Crippen molar-refractivity contribution in [2.75, 3.05) is 10.8 Å². The number of carbonyl (C=O) groups is 1. The van der Waals surface area contributed by atoms with Gasteiger partial charge in [-0.3, -0.25) is 14.1 Å². The zero-order valence-electron chi connectivity index (χ0n) is 18.2. The lowest BCUT2D eigenvalue weighted by atomic mass is 10.1. The van der Waals surface area contributed by atoms with E-state index in [1.54, 1.807) is 36.4 Å². The number of pyridine rings is 1. The van der Waals surface area contributed by atoms with Crippen LogP contribution < -0.4 is 9.04 Å². The number of halogens is 1. The molecule has 3 aromatic rings. The van der Waals surface area contributed by atoms with Gasteiger partial charge in [0.05, 0.1) is 27.8 Å². The summed E-state index contributed by atoms with van der Waals surface area (Å²) in [5.74, 6) is -0.689. The van der Waals surface area contributed by atoms with Gasteiger partial charge >= 0.3 is 5.97 Å². The van der Waals surface area contributed by atoms with Crippen molar-refractivity contribution >= 4 is 33.3 Å². The number of aryl methyl sites for hydroxylation is 2. The Kier molecular flexibility index (Phi) is 6.32. The van der Waals surface area contributed by atoms with Crippen LogP contribution in [0.1, 0.15) is 24.1 Å². The Hall–Kier alpha value is -3.10. The van der Waals surface area contributed by atoms with Crippen molar-refractivity contribution in [2.24, 2.45) is 0 Å². The van der Waals surface area contributed by atoms with E-state index in [1.807, 2.05) is 32.0 Å². The summed E-state index contributed by atoms with van der Waals surface area (Å²) >= 11 is 6.54. The van der Waals surface area contributed by atoms with Crippen LogP contribution in [-0.4, -0.2) is 37.1 Å². The van der Waals surface area contributed by atoms with Crippen molar-refractivity contribution in [1.29, 1.82) is 0 Å². The third-order valence-corrected chi connectivity index (χ3v) is 7.49. The highest BCUT2D eigenvalue weighted by molar-refractivity contribution is 7.92. The number of hydrogen-bond donors (Lipinski definition) is 1. The lowest BCUT2D eigenvalue weighted by molar-refractivity contribution is -0.137. The normalized spacial score (nSPS) is 15.6. The van der Waals surface area contributed by atoms with Crippen molar-refractivity contribution < 1.29 is 23.1 Å². The maximum absolute atomic E-state index is 13.7. The van der Waals surface area contributed by atoms with Gasteiger partial charge in [-0.1, -0.05) is 29.8 Å². The topological polar surface area (TPSA) is 96.8 Å². The Morgan fingerprint density at radius 1 is 1.18 bits per heavy atom. The van der Waals surface area contributed by atoms with Gasteiger partial charge in [-0.25, -0.2) is 8.42 Å². The third-order valence-electron chi connectivity index (χ3n) is 5.40. The molecule has 1 aliphatic rings. The van der Waals surface area contributed by atoms with E-state index >= 15 is 0 Å². The molecule has 1 N–H and O–H groups in total. The Bertz CT molecular complexity index is 1330. The number of rotatable bonds is 6. The van der Waals surface area contributed by atoms with Gasteiger partial charge in [0.1, 0.15) is 11.9 Å². The highest BCUT2D eigenvalue weighted by atomic mass is 35.5. The van der Waals surface area contributed by atoms with Gasteiger partial charge in [0.2, 0.25) is 0 Å². The number of nitrogens with zero attached hydrogens (tertiary/aromatic N) is 2. The van der Waals surface area contributed by atoms with Gasteiger partial charge in [-0.2, -0.15) is 0 Å². The van der Waals surface area contributed by atoms with E-state index in [1.165, 1.54) is 4.31 Å². The molecule has 0 amide bonds. The molecule has 0 spiro atoms. The smallest absolute Gasteiger partial charge is 0.303 e. The molecule has 0 saturated carbocycles. The summed E-state index contributed by atoms with van der Waals surface area (Å²) in [6.07, 6.45) is -0.614. The van der Waals surface area contributed by atoms with Crippen LogP contribution in [0.5, 0.6) is 5.75 Å². The van der Waals surface area contributed by atoms with Crippen LogP contribution in [0.2, 0.25) is 5.02 Å². The second kappa shape index (κ2) is 9.03. The predicted octanol–water partition coefficient (Wildman–Crippen LogP) is 4.84. The minimum atomic E-state index is -3.95. The maximum atomic E-state index is 13.7. The van der Waals surface area contributed by atoms with Gasteiger partial charge in [0, 0.05) is 23.7 Å². The third kappa shape index (κ3) is 4.82. The van der Waals surface area contributed by atoms with E-state index in [2.05, 4.69) is 4.98 Å². The molecule has 9 heteroatoms. The highest BCUT2D eigenvalue weighted by Gasteiger charge is 2.35. The quantitative estimate of drug-likeness (QED) is 0.535. The van der Waals surface area contributed by atoms with Crippen LogP contribution in [0.3, 0.4) is 0 Å². The first kappa shape index (κ1) is 23.1. The number of carboxylic acid groups (broad SMARTS) is 1. The number of hydrogen-bond acceptors (Lipinski definition) is 5. The molecule has 0 unspecified atom stereocenters. The SMILES string of the molecule is Cc1cccc(S(=O)(=O)N2C[C@H](CCC(=O)O)Oc3cc(Cl)c(-c4cccc(C)n4)cc32)c1. The van der Waals surface area contributed by atoms with Crippen molar-refractivity contribution in [3.05, 3.63) is 70.9 Å². The molecule has 7 nitrogen and oxygen atoms in total. The second-order valence-electron chi connectivity index (χ2n) is 7.99. The Morgan fingerprint density at radius 3 is 2.64 bits per heavy atom. The summed E-state index contributed by atoms with van der Waals surface area (Å²) in [6, 6.07) is 15.4. The molecule has 2 heterocycles. The molecule has 1 aromatic heterocycles. The lowest BCUT2D eigenvalue weighted by Gasteiger charge is -2.36. The average Bonchev–Trinajstić information content (AvgIpc) is 2.76. The number of ether oxygens (including phenoxy) is 1. The summed E-state index contributed by atoms with van der Waals surface area (Å²) in [6.45, 7) is 3.67. The molecule has 4 rings (SSSR count). The summed E-state index contributed by atoms with van der Waals surface area (Å²) < 4.78 is 34.6. The second-order valence-corrected chi connectivity index (χ2v) is 10.3. The zero-order chi connectivity index (χ0) is 23.8. The molecule has 1 aliphatic heterocycles. The molecule has 2 aromatic carbocycles. The molecule has 1 atom stereocenters. The van der Waals surface area contributed by atoms with Gasteiger partial charge in [-0.15, -0.1) is 0 Å². The van der Waals surface area contributed by atoms with Crippen molar-refractivity contribution in [2.45, 2.75) is 37.7 Å².